The van der Waals surface area contributed by atoms with Gasteiger partial charge in [-0.25, -0.2) is 19.9 Å². The van der Waals surface area contributed by atoms with Gasteiger partial charge in [-0.1, -0.05) is 182 Å². The van der Waals surface area contributed by atoms with Crippen molar-refractivity contribution in [3.8, 4) is 78.1 Å². The standard InChI is InChI=1S/C56H34N4OS/c1-3-12-35(13-4-1)38-22-27-40(28-23-38)53-58-54(60-55(59-53)45-31-26-37-16-7-8-17-42(37)32-45)44-19-11-18-43(33-44)50-51-46-20-9-10-21-48(46)61-49(51)34-47-52(50)62-56(57-47)41-29-24-39(25-30-41)36-14-5-2-6-15-36/h1-34H. The van der Waals surface area contributed by atoms with Gasteiger partial charge in [0.1, 0.15) is 16.2 Å². The maximum absolute atomic E-state index is 6.55. The molecule has 0 spiro atoms. The Kier molecular flexibility index (Phi) is 8.61. The minimum absolute atomic E-state index is 0.594. The predicted octanol–water partition coefficient (Wildman–Crippen LogP) is 15.2. The summed E-state index contributed by atoms with van der Waals surface area (Å²) < 4.78 is 7.64. The van der Waals surface area contributed by atoms with Gasteiger partial charge >= 0.3 is 0 Å². The number of thiazole rings is 1. The van der Waals surface area contributed by atoms with E-state index in [9.17, 15) is 0 Å². The zero-order valence-corrected chi connectivity index (χ0v) is 34.1. The van der Waals surface area contributed by atoms with E-state index < -0.39 is 0 Å². The molecule has 12 aromatic rings. The molecule has 290 valence electrons. The maximum atomic E-state index is 6.55. The Morgan fingerprint density at radius 2 is 0.855 bits per heavy atom. The van der Waals surface area contributed by atoms with Gasteiger partial charge in [0.2, 0.25) is 0 Å². The number of nitrogens with zero attached hydrogens (tertiary/aromatic N) is 4. The molecule has 0 radical (unpaired) electrons. The van der Waals surface area contributed by atoms with E-state index in [2.05, 4.69) is 182 Å². The molecule has 5 nitrogen and oxygen atoms in total. The largest absolute Gasteiger partial charge is 0.456 e. The lowest BCUT2D eigenvalue weighted by Crippen LogP contribution is -2.00. The normalized spacial score (nSPS) is 11.5. The molecule has 0 unspecified atom stereocenters. The molecule has 9 aromatic carbocycles. The van der Waals surface area contributed by atoms with E-state index in [4.69, 9.17) is 24.4 Å². The molecular formula is C56H34N4OS. The third-order valence-electron chi connectivity index (χ3n) is 11.6. The quantitative estimate of drug-likeness (QED) is 0.160. The van der Waals surface area contributed by atoms with Crippen LogP contribution < -0.4 is 0 Å². The predicted molar refractivity (Wildman–Crippen MR) is 256 cm³/mol. The summed E-state index contributed by atoms with van der Waals surface area (Å²) in [5, 5.41) is 5.37. The maximum Gasteiger partial charge on any atom is 0.164 e. The van der Waals surface area contributed by atoms with Crippen molar-refractivity contribution in [1.29, 1.82) is 0 Å². The van der Waals surface area contributed by atoms with E-state index in [-0.39, 0.29) is 0 Å². The highest BCUT2D eigenvalue weighted by Crippen LogP contribution is 2.46. The van der Waals surface area contributed by atoms with Crippen molar-refractivity contribution < 1.29 is 4.42 Å². The number of hydrogen-bond donors (Lipinski definition) is 0. The molecule has 3 heterocycles. The molecule has 0 aliphatic rings. The van der Waals surface area contributed by atoms with E-state index in [1.165, 1.54) is 11.1 Å². The highest BCUT2D eigenvalue weighted by atomic mass is 32.1. The summed E-state index contributed by atoms with van der Waals surface area (Å²) >= 11 is 1.71. The van der Waals surface area contributed by atoms with Crippen LogP contribution in [0.5, 0.6) is 0 Å². The fourth-order valence-electron chi connectivity index (χ4n) is 8.45. The SMILES string of the molecule is c1ccc(-c2ccc(-c3nc(-c4cccc(-c5c6sc(-c7ccc(-c8ccccc8)cc7)nc6cc6oc7ccccc7c56)c4)nc(-c4ccc5ccccc5c4)n3)cc2)cc1. The average molecular weight is 811 g/mol. The fourth-order valence-corrected chi connectivity index (χ4v) is 9.58. The fraction of sp³-hybridized carbons (Fsp3) is 0. The van der Waals surface area contributed by atoms with Crippen LogP contribution in [0.15, 0.2) is 211 Å². The molecular weight excluding hydrogens is 777 g/mol. The van der Waals surface area contributed by atoms with Gasteiger partial charge in [-0.15, -0.1) is 11.3 Å². The van der Waals surface area contributed by atoms with Crippen molar-refractivity contribution in [2.75, 3.05) is 0 Å². The molecule has 0 aliphatic carbocycles. The first-order valence-corrected chi connectivity index (χ1v) is 21.4. The van der Waals surface area contributed by atoms with Crippen LogP contribution >= 0.6 is 11.3 Å². The molecule has 0 saturated heterocycles. The van der Waals surface area contributed by atoms with Crippen LogP contribution in [0.4, 0.5) is 0 Å². The second kappa shape index (κ2) is 14.9. The monoisotopic (exact) mass is 810 g/mol. The molecule has 0 aliphatic heterocycles. The lowest BCUT2D eigenvalue weighted by molar-refractivity contribution is 0.669. The Hall–Kier alpha value is -8.06. The zero-order chi connectivity index (χ0) is 41.0. The van der Waals surface area contributed by atoms with Crippen LogP contribution in [0.2, 0.25) is 0 Å². The molecule has 0 amide bonds. The second-order valence-corrected chi connectivity index (χ2v) is 16.4. The summed E-state index contributed by atoms with van der Waals surface area (Å²) in [6.45, 7) is 0. The highest BCUT2D eigenvalue weighted by molar-refractivity contribution is 7.22. The van der Waals surface area contributed by atoms with E-state index in [0.29, 0.717) is 17.5 Å². The highest BCUT2D eigenvalue weighted by Gasteiger charge is 2.21. The lowest BCUT2D eigenvalue weighted by Gasteiger charge is -2.11. The molecule has 0 saturated carbocycles. The summed E-state index contributed by atoms with van der Waals surface area (Å²) in [6.07, 6.45) is 0. The van der Waals surface area contributed by atoms with Gasteiger partial charge in [-0.05, 0) is 56.8 Å². The Labute approximate surface area is 361 Å². The lowest BCUT2D eigenvalue weighted by atomic mass is 9.97. The van der Waals surface area contributed by atoms with Crippen LogP contribution in [0.3, 0.4) is 0 Å². The van der Waals surface area contributed by atoms with E-state index in [1.807, 2.05) is 24.3 Å². The van der Waals surface area contributed by atoms with Crippen molar-refractivity contribution in [2.24, 2.45) is 0 Å². The van der Waals surface area contributed by atoms with Gasteiger partial charge in [-0.3, -0.25) is 0 Å². The van der Waals surface area contributed by atoms with E-state index >= 15 is 0 Å². The van der Waals surface area contributed by atoms with Crippen molar-refractivity contribution in [3.63, 3.8) is 0 Å². The minimum atomic E-state index is 0.594. The molecule has 12 rings (SSSR count). The number of fused-ring (bicyclic) bond motifs is 5. The summed E-state index contributed by atoms with van der Waals surface area (Å²) in [5.41, 5.74) is 13.1. The molecule has 0 fully saturated rings. The summed E-state index contributed by atoms with van der Waals surface area (Å²) in [6, 6.07) is 71.6. The number of rotatable bonds is 7. The number of aromatic nitrogens is 4. The van der Waals surface area contributed by atoms with Gasteiger partial charge < -0.3 is 4.42 Å². The zero-order valence-electron chi connectivity index (χ0n) is 33.2. The van der Waals surface area contributed by atoms with Gasteiger partial charge in [-0.2, -0.15) is 0 Å². The van der Waals surface area contributed by atoms with Crippen molar-refractivity contribution in [1.82, 2.24) is 19.9 Å². The third kappa shape index (κ3) is 6.42. The topological polar surface area (TPSA) is 64.7 Å². The van der Waals surface area contributed by atoms with Crippen molar-refractivity contribution >= 4 is 54.3 Å². The first-order valence-electron chi connectivity index (χ1n) is 20.6. The summed E-state index contributed by atoms with van der Waals surface area (Å²) in [7, 11) is 0. The van der Waals surface area contributed by atoms with Crippen molar-refractivity contribution in [2.45, 2.75) is 0 Å². The number of hydrogen-bond acceptors (Lipinski definition) is 6. The molecule has 0 N–H and O–H groups in total. The number of para-hydroxylation sites is 1. The third-order valence-corrected chi connectivity index (χ3v) is 12.7. The van der Waals surface area contributed by atoms with Gasteiger partial charge in [0.25, 0.3) is 0 Å². The summed E-state index contributed by atoms with van der Waals surface area (Å²) in [4.78, 5) is 20.7. The van der Waals surface area contributed by atoms with Crippen LogP contribution in [-0.2, 0) is 0 Å². The van der Waals surface area contributed by atoms with Crippen LogP contribution in [-0.4, -0.2) is 19.9 Å². The first kappa shape index (κ1) is 35.8. The van der Waals surface area contributed by atoms with Gasteiger partial charge in [0.15, 0.2) is 17.5 Å². The minimum Gasteiger partial charge on any atom is -0.456 e. The van der Waals surface area contributed by atoms with E-state index in [1.54, 1.807) is 11.3 Å². The Morgan fingerprint density at radius 3 is 1.56 bits per heavy atom. The molecule has 6 heteroatoms. The van der Waals surface area contributed by atoms with Crippen LogP contribution in [0, 0.1) is 0 Å². The molecule has 0 atom stereocenters. The van der Waals surface area contributed by atoms with Crippen LogP contribution in [0.25, 0.3) is 121 Å². The average Bonchev–Trinajstić information content (AvgIpc) is 3.95. The Balaban J connectivity index is 1.02. The Morgan fingerprint density at radius 1 is 0.339 bits per heavy atom. The number of furan rings is 1. The first-order chi connectivity index (χ1) is 30.7. The second-order valence-electron chi connectivity index (χ2n) is 15.4. The Bertz CT molecular complexity index is 3620. The van der Waals surface area contributed by atoms with Gasteiger partial charge in [0.05, 0.1) is 10.2 Å². The molecule has 62 heavy (non-hydrogen) atoms. The molecule has 0 bridgehead atoms. The van der Waals surface area contributed by atoms with Crippen LogP contribution in [0.1, 0.15) is 0 Å². The summed E-state index contributed by atoms with van der Waals surface area (Å²) in [5.74, 6) is 1.82. The van der Waals surface area contributed by atoms with Gasteiger partial charge in [0, 0.05) is 44.7 Å². The van der Waals surface area contributed by atoms with Crippen molar-refractivity contribution in [3.05, 3.63) is 206 Å². The smallest absolute Gasteiger partial charge is 0.164 e. The molecule has 3 aromatic heterocycles. The van der Waals surface area contributed by atoms with E-state index in [0.717, 1.165) is 92.4 Å². The number of benzene rings is 9.